The lowest BCUT2D eigenvalue weighted by Gasteiger charge is -2.33. The number of carboxylic acid groups (broad SMARTS) is 1. The van der Waals surface area contributed by atoms with Gasteiger partial charge < -0.3 is 20.6 Å². The van der Waals surface area contributed by atoms with E-state index in [2.05, 4.69) is 10.6 Å². The number of hydrogen-bond acceptors (Lipinski definition) is 7. The molecular weight excluding hydrogens is 650 g/mol. The van der Waals surface area contributed by atoms with Crippen LogP contribution >= 0.6 is 0 Å². The van der Waals surface area contributed by atoms with Crippen molar-refractivity contribution in [1.82, 2.24) is 15.5 Å². The standard InChI is InChI=1S/C40H59N3O8/c1-7-14-33(37(48)39(50)41-26(6)27-15-9-8-10-16-27)42-38(49)36-30-19-13-17-28(30)23-43(36)40(51)32(25(4)5)22-34(45)31(24(2)3)21-29(44)18-11-12-20-35(46)47/h8-10,15-16,24-26,28,30-33,36H,7,11-14,17-23H2,1-6H3,(H,41,50)(H,42,49)(H,46,47)/t26-,28-,30-,31-,32-,33?,36?/m0/s1. The van der Waals surface area contributed by atoms with E-state index in [9.17, 15) is 33.6 Å². The van der Waals surface area contributed by atoms with Crippen LogP contribution in [0.2, 0.25) is 0 Å². The molecule has 2 fully saturated rings. The average Bonchev–Trinajstić information content (AvgIpc) is 3.69. The Hall–Kier alpha value is -3.89. The molecule has 1 saturated heterocycles. The predicted molar refractivity (Wildman–Crippen MR) is 193 cm³/mol. The number of carboxylic acids is 1. The molecule has 3 amide bonds. The maximum Gasteiger partial charge on any atom is 0.303 e. The molecule has 282 valence electrons. The molecule has 0 spiro atoms. The Labute approximate surface area is 303 Å². The van der Waals surface area contributed by atoms with E-state index in [-0.39, 0.29) is 73.2 Å². The van der Waals surface area contributed by atoms with Gasteiger partial charge in [0.1, 0.15) is 17.6 Å². The fraction of sp³-hybridized carbons (Fsp3) is 0.675. The number of amides is 3. The smallest absolute Gasteiger partial charge is 0.303 e. The van der Waals surface area contributed by atoms with Gasteiger partial charge in [-0.2, -0.15) is 0 Å². The molecule has 0 radical (unpaired) electrons. The zero-order valence-electron chi connectivity index (χ0n) is 31.3. The van der Waals surface area contributed by atoms with Crippen molar-refractivity contribution < 1.29 is 38.7 Å². The molecule has 1 aromatic rings. The van der Waals surface area contributed by atoms with Crippen LogP contribution in [0.4, 0.5) is 0 Å². The minimum Gasteiger partial charge on any atom is -0.481 e. The molecule has 2 unspecified atom stereocenters. The maximum absolute atomic E-state index is 14.4. The molecule has 51 heavy (non-hydrogen) atoms. The summed E-state index contributed by atoms with van der Waals surface area (Å²) in [5.41, 5.74) is 0.847. The van der Waals surface area contributed by atoms with E-state index in [0.717, 1.165) is 24.8 Å². The molecule has 1 saturated carbocycles. The van der Waals surface area contributed by atoms with E-state index in [0.29, 0.717) is 25.8 Å². The van der Waals surface area contributed by atoms with Gasteiger partial charge in [0.25, 0.3) is 5.91 Å². The summed E-state index contributed by atoms with van der Waals surface area (Å²) in [6.07, 6.45) is 4.44. The second-order valence-electron chi connectivity index (χ2n) is 15.3. The molecule has 1 aromatic carbocycles. The quantitative estimate of drug-likeness (QED) is 0.112. The molecule has 11 heteroatoms. The van der Waals surface area contributed by atoms with Crippen LogP contribution in [0.3, 0.4) is 0 Å². The van der Waals surface area contributed by atoms with Crippen LogP contribution in [0.1, 0.15) is 124 Å². The van der Waals surface area contributed by atoms with Crippen LogP contribution in [0.5, 0.6) is 0 Å². The maximum atomic E-state index is 14.4. The lowest BCUT2D eigenvalue weighted by atomic mass is 9.79. The largest absolute Gasteiger partial charge is 0.481 e. The van der Waals surface area contributed by atoms with Crippen LogP contribution < -0.4 is 10.6 Å². The van der Waals surface area contributed by atoms with E-state index in [4.69, 9.17) is 5.11 Å². The van der Waals surface area contributed by atoms with Crippen molar-refractivity contribution in [2.45, 2.75) is 130 Å². The number of rotatable bonds is 21. The van der Waals surface area contributed by atoms with Gasteiger partial charge in [-0.25, -0.2) is 0 Å². The number of fused-ring (bicyclic) bond motifs is 1. The number of likely N-dealkylation sites (tertiary alicyclic amines) is 1. The number of carbonyl (C=O) groups is 7. The number of nitrogens with one attached hydrogen (secondary N) is 2. The molecule has 0 aromatic heterocycles. The predicted octanol–water partition coefficient (Wildman–Crippen LogP) is 5.45. The van der Waals surface area contributed by atoms with Crippen molar-refractivity contribution in [1.29, 1.82) is 0 Å². The van der Waals surface area contributed by atoms with Crippen LogP contribution in [-0.4, -0.2) is 69.7 Å². The van der Waals surface area contributed by atoms with Gasteiger partial charge in [-0.05, 0) is 68.3 Å². The van der Waals surface area contributed by atoms with Crippen molar-refractivity contribution in [3.63, 3.8) is 0 Å². The van der Waals surface area contributed by atoms with Crippen molar-refractivity contribution in [3.05, 3.63) is 35.9 Å². The van der Waals surface area contributed by atoms with Crippen molar-refractivity contribution in [2.24, 2.45) is 35.5 Å². The summed E-state index contributed by atoms with van der Waals surface area (Å²) in [5.74, 6) is -4.96. The molecule has 11 nitrogen and oxygen atoms in total. The number of aliphatic carboxylic acids is 1. The summed E-state index contributed by atoms with van der Waals surface area (Å²) >= 11 is 0. The number of Topliss-reactive ketones (excluding diaryl/α,β-unsaturated/α-hetero) is 3. The van der Waals surface area contributed by atoms with Crippen molar-refractivity contribution in [3.8, 4) is 0 Å². The molecule has 0 bridgehead atoms. The third kappa shape index (κ3) is 11.6. The summed E-state index contributed by atoms with van der Waals surface area (Å²) in [5, 5.41) is 14.5. The average molecular weight is 710 g/mol. The Kier molecular flexibility index (Phi) is 16.0. The monoisotopic (exact) mass is 709 g/mol. The Balaban J connectivity index is 1.74. The van der Waals surface area contributed by atoms with E-state index in [1.54, 1.807) is 11.8 Å². The highest BCUT2D eigenvalue weighted by Crippen LogP contribution is 2.43. The first-order valence-electron chi connectivity index (χ1n) is 18.9. The highest BCUT2D eigenvalue weighted by Gasteiger charge is 2.51. The van der Waals surface area contributed by atoms with Crippen LogP contribution in [0, 0.1) is 35.5 Å². The molecular formula is C40H59N3O8. The van der Waals surface area contributed by atoms with Gasteiger partial charge in [0.05, 0.1) is 12.1 Å². The zero-order chi connectivity index (χ0) is 37.8. The Morgan fingerprint density at radius 1 is 0.843 bits per heavy atom. The number of nitrogens with zero attached hydrogens (tertiary/aromatic N) is 1. The molecule has 7 atom stereocenters. The lowest BCUT2D eigenvalue weighted by Crippen LogP contribution is -2.55. The number of unbranched alkanes of at least 4 members (excludes halogenated alkanes) is 1. The van der Waals surface area contributed by atoms with Crippen LogP contribution in [-0.2, 0) is 33.6 Å². The van der Waals surface area contributed by atoms with Gasteiger partial charge in [0.2, 0.25) is 17.6 Å². The van der Waals surface area contributed by atoms with E-state index < -0.39 is 53.5 Å². The normalized spacial score (nSPS) is 20.7. The minimum atomic E-state index is -1.04. The third-order valence-corrected chi connectivity index (χ3v) is 10.8. The molecule has 3 rings (SSSR count). The van der Waals surface area contributed by atoms with E-state index >= 15 is 0 Å². The fourth-order valence-electron chi connectivity index (χ4n) is 7.79. The fourth-order valence-corrected chi connectivity index (χ4v) is 7.79. The molecule has 1 aliphatic heterocycles. The Morgan fingerprint density at radius 2 is 1.49 bits per heavy atom. The summed E-state index contributed by atoms with van der Waals surface area (Å²) < 4.78 is 0. The Bertz CT molecular complexity index is 1390. The summed E-state index contributed by atoms with van der Waals surface area (Å²) in [4.78, 5) is 93.9. The zero-order valence-corrected chi connectivity index (χ0v) is 31.3. The minimum absolute atomic E-state index is 0.00579. The van der Waals surface area contributed by atoms with Gasteiger partial charge in [-0.1, -0.05) is 77.8 Å². The number of benzene rings is 1. The van der Waals surface area contributed by atoms with Gasteiger partial charge in [0.15, 0.2) is 0 Å². The second kappa shape index (κ2) is 19.6. The number of ketones is 3. The van der Waals surface area contributed by atoms with Gasteiger partial charge in [-0.3, -0.25) is 33.6 Å². The van der Waals surface area contributed by atoms with Gasteiger partial charge in [-0.15, -0.1) is 0 Å². The molecule has 3 N–H and O–H groups in total. The van der Waals surface area contributed by atoms with E-state index in [1.807, 2.05) is 65.0 Å². The first-order chi connectivity index (χ1) is 24.2. The summed E-state index contributed by atoms with van der Waals surface area (Å²) in [7, 11) is 0. The number of carbonyl (C=O) groups excluding carboxylic acids is 6. The third-order valence-electron chi connectivity index (χ3n) is 10.8. The second-order valence-corrected chi connectivity index (χ2v) is 15.3. The van der Waals surface area contributed by atoms with Crippen LogP contribution in [0.25, 0.3) is 0 Å². The van der Waals surface area contributed by atoms with E-state index in [1.165, 1.54) is 0 Å². The SMILES string of the molecule is CCCC(NC(=O)C1[C@H]2CCC[C@H]2CN1C(=O)[C@@H](CC(=O)[C@@H](CC(=O)CCCCC(=O)O)C(C)C)C(C)C)C(=O)C(=O)N[C@@H](C)c1ccccc1. The van der Waals surface area contributed by atoms with Crippen molar-refractivity contribution in [2.75, 3.05) is 6.54 Å². The lowest BCUT2D eigenvalue weighted by molar-refractivity contribution is -0.146. The molecule has 2 aliphatic rings. The van der Waals surface area contributed by atoms with Gasteiger partial charge >= 0.3 is 5.97 Å². The molecule has 1 heterocycles. The van der Waals surface area contributed by atoms with Crippen molar-refractivity contribution >= 4 is 41.0 Å². The first kappa shape index (κ1) is 41.5. The summed E-state index contributed by atoms with van der Waals surface area (Å²) in [6, 6.07) is 7.03. The highest BCUT2D eigenvalue weighted by atomic mass is 16.4. The molecule has 1 aliphatic carbocycles. The van der Waals surface area contributed by atoms with Gasteiger partial charge in [0, 0.05) is 44.1 Å². The number of hydrogen-bond donors (Lipinski definition) is 3. The first-order valence-corrected chi connectivity index (χ1v) is 18.9. The van der Waals surface area contributed by atoms with Crippen LogP contribution in [0.15, 0.2) is 30.3 Å². The summed E-state index contributed by atoms with van der Waals surface area (Å²) in [6.45, 7) is 11.6. The Morgan fingerprint density at radius 3 is 2.10 bits per heavy atom. The topological polar surface area (TPSA) is 167 Å². The highest BCUT2D eigenvalue weighted by molar-refractivity contribution is 6.38.